The lowest BCUT2D eigenvalue weighted by Crippen LogP contribution is -1.99. The zero-order valence-electron chi connectivity index (χ0n) is 6.62. The molecule has 0 aliphatic rings. The van der Waals surface area contributed by atoms with Crippen LogP contribution in [0.25, 0.3) is 0 Å². The molecule has 0 amide bonds. The van der Waals surface area contributed by atoms with Crippen molar-refractivity contribution in [3.8, 4) is 0 Å². The molecule has 2 rings (SSSR count). The number of rotatable bonds is 2. The molecule has 2 aromatic heterocycles. The minimum absolute atomic E-state index is 0.406. The van der Waals surface area contributed by atoms with Crippen LogP contribution in [0.4, 0.5) is 11.8 Å². The van der Waals surface area contributed by atoms with Crippen LogP contribution < -0.4 is 5.32 Å². The molecule has 13 heavy (non-hydrogen) atoms. The monoisotopic (exact) mass is 174 g/mol. The molecule has 0 radical (unpaired) electrons. The highest BCUT2D eigenvalue weighted by atomic mass is 15.2. The van der Waals surface area contributed by atoms with Gasteiger partial charge in [-0.2, -0.15) is 5.10 Å². The Bertz CT molecular complexity index is 324. The zero-order chi connectivity index (χ0) is 8.93. The summed E-state index contributed by atoms with van der Waals surface area (Å²) < 4.78 is 0. The second-order valence-corrected chi connectivity index (χ2v) is 2.18. The van der Waals surface area contributed by atoms with Crippen LogP contribution in [0.1, 0.15) is 0 Å². The number of anilines is 2. The highest BCUT2D eigenvalue weighted by molar-refractivity contribution is 5.44. The van der Waals surface area contributed by atoms with E-state index in [0.717, 1.165) is 0 Å². The molecular formula is C7H6N6. The third-order valence-electron chi connectivity index (χ3n) is 1.29. The molecule has 1 N–H and O–H groups in total. The van der Waals surface area contributed by atoms with Gasteiger partial charge >= 0.3 is 0 Å². The van der Waals surface area contributed by atoms with Gasteiger partial charge in [-0.3, -0.25) is 4.98 Å². The highest BCUT2D eigenvalue weighted by Gasteiger charge is 1.95. The van der Waals surface area contributed by atoms with Crippen molar-refractivity contribution in [2.24, 2.45) is 0 Å². The van der Waals surface area contributed by atoms with Crippen LogP contribution >= 0.6 is 0 Å². The Kier molecular flexibility index (Phi) is 2.04. The van der Waals surface area contributed by atoms with Gasteiger partial charge in [0.05, 0.1) is 18.6 Å². The van der Waals surface area contributed by atoms with E-state index >= 15 is 0 Å². The van der Waals surface area contributed by atoms with Crippen molar-refractivity contribution >= 4 is 11.8 Å². The molecule has 0 aromatic carbocycles. The number of hydrogen-bond acceptors (Lipinski definition) is 6. The van der Waals surface area contributed by atoms with Crippen LogP contribution in [0.5, 0.6) is 0 Å². The number of aromatic nitrogens is 5. The Morgan fingerprint density at radius 3 is 2.62 bits per heavy atom. The summed E-state index contributed by atoms with van der Waals surface area (Å²) >= 11 is 0. The van der Waals surface area contributed by atoms with Crippen molar-refractivity contribution in [2.45, 2.75) is 0 Å². The summed E-state index contributed by atoms with van der Waals surface area (Å²) in [5.41, 5.74) is 0. The standard InChI is InChI=1S/C7H6N6/c1-2-9-6(5-8-1)12-7-10-3-4-11-13-7/h1-5H,(H,9,10,12,13). The molecule has 64 valence electrons. The molecule has 0 bridgehead atoms. The Labute approximate surface area is 74.1 Å². The van der Waals surface area contributed by atoms with Crippen LogP contribution in [-0.2, 0) is 0 Å². The smallest absolute Gasteiger partial charge is 0.248 e. The second kappa shape index (κ2) is 3.53. The molecule has 6 heteroatoms. The zero-order valence-corrected chi connectivity index (χ0v) is 6.62. The molecule has 0 aliphatic heterocycles. The van der Waals surface area contributed by atoms with Gasteiger partial charge in [0, 0.05) is 12.4 Å². The van der Waals surface area contributed by atoms with E-state index in [2.05, 4.69) is 30.5 Å². The van der Waals surface area contributed by atoms with E-state index in [1.54, 1.807) is 24.8 Å². The fourth-order valence-corrected chi connectivity index (χ4v) is 0.783. The van der Waals surface area contributed by atoms with Crippen molar-refractivity contribution in [3.63, 3.8) is 0 Å². The number of hydrogen-bond donors (Lipinski definition) is 1. The molecule has 0 spiro atoms. The molecule has 6 nitrogen and oxygen atoms in total. The molecule has 0 fully saturated rings. The lowest BCUT2D eigenvalue weighted by Gasteiger charge is -1.99. The molecule has 2 aromatic rings. The van der Waals surface area contributed by atoms with Crippen molar-refractivity contribution in [1.29, 1.82) is 0 Å². The third kappa shape index (κ3) is 1.92. The van der Waals surface area contributed by atoms with Gasteiger partial charge in [-0.15, -0.1) is 5.10 Å². The summed E-state index contributed by atoms with van der Waals surface area (Å²) in [6, 6.07) is 0. The first kappa shape index (κ1) is 7.53. The summed E-state index contributed by atoms with van der Waals surface area (Å²) in [4.78, 5) is 11.8. The van der Waals surface area contributed by atoms with Gasteiger partial charge in [0.15, 0.2) is 5.82 Å². The molecular weight excluding hydrogens is 168 g/mol. The van der Waals surface area contributed by atoms with E-state index in [4.69, 9.17) is 0 Å². The number of nitrogens with one attached hydrogen (secondary N) is 1. The van der Waals surface area contributed by atoms with Crippen LogP contribution in [0.2, 0.25) is 0 Å². The minimum Gasteiger partial charge on any atom is -0.306 e. The molecule has 0 atom stereocenters. The first-order chi connectivity index (χ1) is 6.45. The lowest BCUT2D eigenvalue weighted by atomic mass is 10.6. The summed E-state index contributed by atoms with van der Waals surface area (Å²) in [7, 11) is 0. The maximum Gasteiger partial charge on any atom is 0.248 e. The van der Waals surface area contributed by atoms with Crippen LogP contribution in [-0.4, -0.2) is 25.1 Å². The normalized spacial score (nSPS) is 9.54. The van der Waals surface area contributed by atoms with Gasteiger partial charge in [0.25, 0.3) is 0 Å². The molecule has 0 saturated carbocycles. The third-order valence-corrected chi connectivity index (χ3v) is 1.29. The Morgan fingerprint density at radius 2 is 1.92 bits per heavy atom. The summed E-state index contributed by atoms with van der Waals surface area (Å²) in [5.74, 6) is 0.999. The Morgan fingerprint density at radius 1 is 1.00 bits per heavy atom. The van der Waals surface area contributed by atoms with E-state index in [9.17, 15) is 0 Å². The quantitative estimate of drug-likeness (QED) is 0.710. The Balaban J connectivity index is 2.16. The highest BCUT2D eigenvalue weighted by Crippen LogP contribution is 2.03. The molecule has 0 aliphatic carbocycles. The topological polar surface area (TPSA) is 76.5 Å². The van der Waals surface area contributed by atoms with E-state index < -0.39 is 0 Å². The molecule has 0 saturated heterocycles. The van der Waals surface area contributed by atoms with E-state index in [1.165, 1.54) is 6.20 Å². The fraction of sp³-hybridized carbons (Fsp3) is 0. The van der Waals surface area contributed by atoms with E-state index in [-0.39, 0.29) is 0 Å². The predicted octanol–water partition coefficient (Wildman–Crippen LogP) is 0.405. The van der Waals surface area contributed by atoms with Crippen LogP contribution in [0.3, 0.4) is 0 Å². The summed E-state index contributed by atoms with van der Waals surface area (Å²) in [6.07, 6.45) is 7.80. The maximum absolute atomic E-state index is 3.99. The van der Waals surface area contributed by atoms with Gasteiger partial charge in [-0.05, 0) is 0 Å². The van der Waals surface area contributed by atoms with Crippen molar-refractivity contribution in [3.05, 3.63) is 31.0 Å². The molecule has 2 heterocycles. The van der Waals surface area contributed by atoms with Crippen molar-refractivity contribution in [2.75, 3.05) is 5.32 Å². The first-order valence-electron chi connectivity index (χ1n) is 3.62. The van der Waals surface area contributed by atoms with E-state index in [1.807, 2.05) is 0 Å². The maximum atomic E-state index is 3.99. The van der Waals surface area contributed by atoms with Gasteiger partial charge < -0.3 is 5.32 Å². The second-order valence-electron chi connectivity index (χ2n) is 2.18. The van der Waals surface area contributed by atoms with Gasteiger partial charge in [0.1, 0.15) is 0 Å². The fourth-order valence-electron chi connectivity index (χ4n) is 0.783. The van der Waals surface area contributed by atoms with Crippen molar-refractivity contribution in [1.82, 2.24) is 25.1 Å². The van der Waals surface area contributed by atoms with Crippen LogP contribution in [0.15, 0.2) is 31.0 Å². The predicted molar refractivity (Wildman–Crippen MR) is 45.1 cm³/mol. The SMILES string of the molecule is c1cnc(Nc2nccnn2)cn1. The average molecular weight is 174 g/mol. The number of nitrogens with zero attached hydrogens (tertiary/aromatic N) is 5. The Hall–Kier alpha value is -2.11. The van der Waals surface area contributed by atoms with Crippen LogP contribution in [0, 0.1) is 0 Å². The van der Waals surface area contributed by atoms with Gasteiger partial charge in [0.2, 0.25) is 5.95 Å². The summed E-state index contributed by atoms with van der Waals surface area (Å²) in [5, 5.41) is 10.2. The lowest BCUT2D eigenvalue weighted by molar-refractivity contribution is 0.973. The summed E-state index contributed by atoms with van der Waals surface area (Å²) in [6.45, 7) is 0. The molecule has 0 unspecified atom stereocenters. The average Bonchev–Trinajstić information content (AvgIpc) is 2.21. The van der Waals surface area contributed by atoms with Gasteiger partial charge in [-0.25, -0.2) is 9.97 Å². The largest absolute Gasteiger partial charge is 0.306 e. The van der Waals surface area contributed by atoms with Crippen molar-refractivity contribution < 1.29 is 0 Å². The first-order valence-corrected chi connectivity index (χ1v) is 3.62. The van der Waals surface area contributed by atoms with E-state index in [0.29, 0.717) is 11.8 Å². The minimum atomic E-state index is 0.406. The van der Waals surface area contributed by atoms with Gasteiger partial charge in [-0.1, -0.05) is 0 Å².